The van der Waals surface area contributed by atoms with Crippen molar-refractivity contribution in [3.05, 3.63) is 11.1 Å². The molecule has 0 aliphatic carbocycles. The van der Waals surface area contributed by atoms with E-state index in [9.17, 15) is 9.59 Å². The molecule has 0 aliphatic rings. The van der Waals surface area contributed by atoms with Gasteiger partial charge in [0.25, 0.3) is 0 Å². The molecule has 0 heterocycles. The second-order valence-electron chi connectivity index (χ2n) is 1.80. The predicted octanol–water partition coefficient (Wildman–Crippen LogP) is 1.85. The summed E-state index contributed by atoms with van der Waals surface area (Å²) in [5.41, 5.74) is 0.392. The van der Waals surface area contributed by atoms with Crippen LogP contribution in [0.2, 0.25) is 0 Å². The van der Waals surface area contributed by atoms with E-state index in [0.29, 0.717) is 0 Å². The average molecular weight is 181 g/mol. The van der Waals surface area contributed by atoms with Crippen molar-refractivity contribution in [2.24, 2.45) is 0 Å². The first-order valence-corrected chi connectivity index (χ1v) is 3.29. The molecule has 2 nitrogen and oxygen atoms in total. The van der Waals surface area contributed by atoms with Gasteiger partial charge in [0.1, 0.15) is 0 Å². The van der Waals surface area contributed by atoms with Crippen LogP contribution in [0, 0.1) is 0 Å². The molecule has 0 saturated carbocycles. The van der Waals surface area contributed by atoms with Crippen molar-refractivity contribution in [1.82, 2.24) is 0 Å². The minimum atomic E-state index is -0.647. The molecule has 0 fully saturated rings. The van der Waals surface area contributed by atoms with Crippen LogP contribution >= 0.6 is 23.2 Å². The van der Waals surface area contributed by atoms with E-state index >= 15 is 0 Å². The molecule has 0 spiro atoms. The topological polar surface area (TPSA) is 34.1 Å². The molecule has 0 radical (unpaired) electrons. The molecule has 0 N–H and O–H groups in total. The van der Waals surface area contributed by atoms with Crippen molar-refractivity contribution in [2.45, 2.75) is 13.8 Å². The van der Waals surface area contributed by atoms with Gasteiger partial charge in [0.15, 0.2) is 0 Å². The Morgan fingerprint density at radius 2 is 1.10 bits per heavy atom. The molecular weight excluding hydrogens is 175 g/mol. The molecule has 0 aromatic rings. The van der Waals surface area contributed by atoms with E-state index in [1.165, 1.54) is 13.8 Å². The van der Waals surface area contributed by atoms with Crippen molar-refractivity contribution in [3.8, 4) is 0 Å². The number of rotatable bonds is 2. The number of carbonyl (C=O) groups excluding carboxylic acids is 2. The number of hydrogen-bond donors (Lipinski definition) is 0. The Kier molecular flexibility index (Phi) is 3.61. The van der Waals surface area contributed by atoms with Gasteiger partial charge in [-0.15, -0.1) is 0 Å². The van der Waals surface area contributed by atoms with Gasteiger partial charge in [-0.1, -0.05) is 0 Å². The number of carbonyl (C=O) groups is 2. The van der Waals surface area contributed by atoms with Crippen LogP contribution in [0.5, 0.6) is 0 Å². The zero-order chi connectivity index (χ0) is 8.31. The van der Waals surface area contributed by atoms with Crippen LogP contribution in [0.25, 0.3) is 0 Å². The predicted molar refractivity (Wildman–Crippen MR) is 40.1 cm³/mol. The first kappa shape index (κ1) is 9.66. The summed E-state index contributed by atoms with van der Waals surface area (Å²) in [5.74, 6) is 0. The highest BCUT2D eigenvalue weighted by molar-refractivity contribution is 6.71. The van der Waals surface area contributed by atoms with E-state index in [4.69, 9.17) is 23.2 Å². The summed E-state index contributed by atoms with van der Waals surface area (Å²) in [6.07, 6.45) is 0. The lowest BCUT2D eigenvalue weighted by Crippen LogP contribution is -1.98. The highest BCUT2D eigenvalue weighted by Crippen LogP contribution is 2.09. The molecule has 0 aromatic carbocycles. The maximum absolute atomic E-state index is 10.4. The summed E-state index contributed by atoms with van der Waals surface area (Å²) in [6.45, 7) is 2.90. The van der Waals surface area contributed by atoms with Crippen molar-refractivity contribution in [3.63, 3.8) is 0 Å². The Morgan fingerprint density at radius 3 is 1.20 bits per heavy atom. The van der Waals surface area contributed by atoms with Gasteiger partial charge in [-0.25, -0.2) is 0 Å². The Bertz CT molecular complexity index is 184. The van der Waals surface area contributed by atoms with Crippen LogP contribution in [0.15, 0.2) is 11.1 Å². The summed E-state index contributed by atoms with van der Waals surface area (Å²) in [7, 11) is 0. The second kappa shape index (κ2) is 3.74. The van der Waals surface area contributed by atoms with Gasteiger partial charge < -0.3 is 0 Å². The first-order valence-electron chi connectivity index (χ1n) is 2.54. The zero-order valence-corrected chi connectivity index (χ0v) is 7.08. The van der Waals surface area contributed by atoms with Gasteiger partial charge in [-0.2, -0.15) is 0 Å². The SMILES string of the molecule is CC(C(=O)Cl)=C(C)C(=O)Cl. The molecule has 0 saturated heterocycles. The third kappa shape index (κ3) is 2.50. The van der Waals surface area contributed by atoms with Crippen molar-refractivity contribution >= 4 is 33.7 Å². The standard InChI is InChI=1S/C6H6Cl2O2/c1-3(5(7)9)4(2)6(8)10/h1-2H3. The van der Waals surface area contributed by atoms with Crippen LogP contribution in [0.3, 0.4) is 0 Å². The lowest BCUT2D eigenvalue weighted by molar-refractivity contribution is -0.110. The van der Waals surface area contributed by atoms with Gasteiger partial charge in [0, 0.05) is 11.1 Å². The summed E-state index contributed by atoms with van der Waals surface area (Å²) >= 11 is 10.1. The monoisotopic (exact) mass is 180 g/mol. The minimum absolute atomic E-state index is 0.196. The molecule has 0 aromatic heterocycles. The van der Waals surface area contributed by atoms with Gasteiger partial charge in [-0.05, 0) is 37.0 Å². The average Bonchev–Trinajstić information content (AvgIpc) is 1.84. The van der Waals surface area contributed by atoms with Crippen LogP contribution in [-0.4, -0.2) is 10.5 Å². The molecule has 0 bridgehead atoms. The fourth-order valence-electron chi connectivity index (χ4n) is 0.295. The lowest BCUT2D eigenvalue weighted by Gasteiger charge is -1.94. The Hall–Kier alpha value is -0.340. The van der Waals surface area contributed by atoms with E-state index in [1.807, 2.05) is 0 Å². The fraction of sp³-hybridized carbons (Fsp3) is 0.333. The number of halogens is 2. The van der Waals surface area contributed by atoms with Crippen molar-refractivity contribution in [2.75, 3.05) is 0 Å². The van der Waals surface area contributed by atoms with Crippen molar-refractivity contribution in [1.29, 1.82) is 0 Å². The van der Waals surface area contributed by atoms with E-state index in [-0.39, 0.29) is 11.1 Å². The molecule has 0 unspecified atom stereocenters. The van der Waals surface area contributed by atoms with Crippen LogP contribution in [-0.2, 0) is 9.59 Å². The molecule has 56 valence electrons. The van der Waals surface area contributed by atoms with Crippen LogP contribution < -0.4 is 0 Å². The Balaban J connectivity index is 4.67. The fourth-order valence-corrected chi connectivity index (χ4v) is 0.578. The largest absolute Gasteiger partial charge is 0.276 e. The summed E-state index contributed by atoms with van der Waals surface area (Å²) in [5, 5.41) is -1.29. The number of allylic oxidation sites excluding steroid dienone is 2. The molecule has 0 atom stereocenters. The molecule has 4 heteroatoms. The van der Waals surface area contributed by atoms with Gasteiger partial charge in [0.05, 0.1) is 0 Å². The Morgan fingerprint density at radius 1 is 0.900 bits per heavy atom. The Labute approximate surface area is 68.8 Å². The van der Waals surface area contributed by atoms with Crippen molar-refractivity contribution < 1.29 is 9.59 Å². The molecule has 10 heavy (non-hydrogen) atoms. The first-order chi connectivity index (χ1) is 4.46. The molecule has 0 rings (SSSR count). The van der Waals surface area contributed by atoms with Gasteiger partial charge in [0.2, 0.25) is 10.5 Å². The van der Waals surface area contributed by atoms with Crippen LogP contribution in [0.1, 0.15) is 13.8 Å². The highest BCUT2D eigenvalue weighted by Gasteiger charge is 2.08. The third-order valence-corrected chi connectivity index (χ3v) is 1.72. The normalized spacial score (nSPS) is 12.4. The quantitative estimate of drug-likeness (QED) is 0.481. The maximum atomic E-state index is 10.4. The maximum Gasteiger partial charge on any atom is 0.248 e. The lowest BCUT2D eigenvalue weighted by atomic mass is 10.2. The van der Waals surface area contributed by atoms with E-state index in [0.717, 1.165) is 0 Å². The number of hydrogen-bond acceptors (Lipinski definition) is 2. The molecule has 0 aliphatic heterocycles. The van der Waals surface area contributed by atoms with Gasteiger partial charge in [-0.3, -0.25) is 9.59 Å². The minimum Gasteiger partial charge on any atom is -0.276 e. The molecular formula is C6H6Cl2O2. The third-order valence-electron chi connectivity index (χ3n) is 1.15. The van der Waals surface area contributed by atoms with Crippen LogP contribution in [0.4, 0.5) is 0 Å². The van der Waals surface area contributed by atoms with Gasteiger partial charge >= 0.3 is 0 Å². The summed E-state index contributed by atoms with van der Waals surface area (Å²) in [6, 6.07) is 0. The van der Waals surface area contributed by atoms with E-state index in [1.54, 1.807) is 0 Å². The molecule has 0 amide bonds. The summed E-state index contributed by atoms with van der Waals surface area (Å²) < 4.78 is 0. The highest BCUT2D eigenvalue weighted by atomic mass is 35.5. The van der Waals surface area contributed by atoms with E-state index in [2.05, 4.69) is 0 Å². The zero-order valence-electron chi connectivity index (χ0n) is 5.57. The summed E-state index contributed by atoms with van der Waals surface area (Å²) in [4.78, 5) is 20.8. The van der Waals surface area contributed by atoms with E-state index < -0.39 is 10.5 Å². The second-order valence-corrected chi connectivity index (χ2v) is 2.48. The smallest absolute Gasteiger partial charge is 0.248 e.